The molecule has 1 aliphatic rings. The van der Waals surface area contributed by atoms with Gasteiger partial charge in [0.1, 0.15) is 6.04 Å². The summed E-state index contributed by atoms with van der Waals surface area (Å²) in [6.07, 6.45) is 6.99. The zero-order chi connectivity index (χ0) is 30.8. The second kappa shape index (κ2) is 15.6. The number of carbonyl (C=O) groups is 2. The number of nitrogens with one attached hydrogen (secondary N) is 1. The van der Waals surface area contributed by atoms with E-state index in [2.05, 4.69) is 5.32 Å². The largest absolute Gasteiger partial charge is 0.352 e. The SMILES string of the molecule is CS(=O)(=O)N(CCCC(=O)N(Cc1cccc(Cl)c1)C(Cc1ccccc1)C(=O)NC1CCCCC1)c1ccc(Cl)cc1. The van der Waals surface area contributed by atoms with Gasteiger partial charge in [0.15, 0.2) is 0 Å². The van der Waals surface area contributed by atoms with E-state index in [4.69, 9.17) is 23.2 Å². The molecule has 10 heteroatoms. The summed E-state index contributed by atoms with van der Waals surface area (Å²) in [7, 11) is -3.60. The lowest BCUT2D eigenvalue weighted by atomic mass is 9.94. The maximum absolute atomic E-state index is 14.0. The second-order valence-electron chi connectivity index (χ2n) is 11.1. The highest BCUT2D eigenvalue weighted by Crippen LogP contribution is 2.23. The van der Waals surface area contributed by atoms with Gasteiger partial charge in [-0.1, -0.05) is 84.9 Å². The Morgan fingerprint density at radius 3 is 2.21 bits per heavy atom. The molecule has 1 fully saturated rings. The highest BCUT2D eigenvalue weighted by Gasteiger charge is 2.32. The molecule has 0 aliphatic heterocycles. The van der Waals surface area contributed by atoms with Gasteiger partial charge in [-0.3, -0.25) is 13.9 Å². The minimum Gasteiger partial charge on any atom is -0.352 e. The van der Waals surface area contributed by atoms with Gasteiger partial charge < -0.3 is 10.2 Å². The first-order valence-corrected chi connectivity index (χ1v) is 17.3. The fourth-order valence-electron chi connectivity index (χ4n) is 5.54. The summed E-state index contributed by atoms with van der Waals surface area (Å²) in [6, 6.07) is 22.8. The summed E-state index contributed by atoms with van der Waals surface area (Å²) in [5, 5.41) is 4.28. The average molecular weight is 645 g/mol. The number of hydrogen-bond donors (Lipinski definition) is 1. The molecule has 0 saturated heterocycles. The van der Waals surface area contributed by atoms with Crippen LogP contribution in [0.15, 0.2) is 78.9 Å². The number of sulfonamides is 1. The Morgan fingerprint density at radius 2 is 1.56 bits per heavy atom. The van der Waals surface area contributed by atoms with Crippen LogP contribution < -0.4 is 9.62 Å². The van der Waals surface area contributed by atoms with Crippen LogP contribution in [-0.4, -0.2) is 50.0 Å². The molecule has 7 nitrogen and oxygen atoms in total. The molecule has 0 bridgehead atoms. The number of rotatable bonds is 13. The van der Waals surface area contributed by atoms with Crippen molar-refractivity contribution in [2.45, 2.75) is 70.0 Å². The molecule has 4 rings (SSSR count). The van der Waals surface area contributed by atoms with Crippen LogP contribution in [0, 0.1) is 0 Å². The Morgan fingerprint density at radius 1 is 0.884 bits per heavy atom. The van der Waals surface area contributed by atoms with Crippen LogP contribution in [0.3, 0.4) is 0 Å². The summed E-state index contributed by atoms with van der Waals surface area (Å²) in [5.74, 6) is -0.408. The van der Waals surface area contributed by atoms with Gasteiger partial charge in [-0.05, 0) is 66.8 Å². The standard InChI is InChI=1S/C33H39Cl2N3O4S/c1-43(41,42)38(30-19-17-27(34)18-20-30)21-9-16-32(39)37(24-26-12-8-13-28(35)22-26)31(23-25-10-4-2-5-11-25)33(40)36-29-14-6-3-7-15-29/h2,4-5,8,10-13,17-20,22,29,31H,3,6-7,9,14-16,21,23-24H2,1H3,(H,36,40). The van der Waals surface area contributed by atoms with E-state index in [-0.39, 0.29) is 43.8 Å². The van der Waals surface area contributed by atoms with Gasteiger partial charge in [0, 0.05) is 42.0 Å². The van der Waals surface area contributed by atoms with Gasteiger partial charge in [0.05, 0.1) is 11.9 Å². The highest BCUT2D eigenvalue weighted by atomic mass is 35.5. The molecule has 0 heterocycles. The van der Waals surface area contributed by atoms with Crippen molar-refractivity contribution in [2.75, 3.05) is 17.1 Å². The lowest BCUT2D eigenvalue weighted by molar-refractivity contribution is -0.141. The predicted octanol–water partition coefficient (Wildman–Crippen LogP) is 6.63. The molecule has 0 spiro atoms. The van der Waals surface area contributed by atoms with Crippen LogP contribution in [-0.2, 0) is 32.6 Å². The van der Waals surface area contributed by atoms with E-state index in [1.807, 2.05) is 42.5 Å². The zero-order valence-corrected chi connectivity index (χ0v) is 26.8. The lowest BCUT2D eigenvalue weighted by Crippen LogP contribution is -2.52. The molecule has 2 amide bonds. The fourth-order valence-corrected chi connectivity index (χ4v) is 6.85. The highest BCUT2D eigenvalue weighted by molar-refractivity contribution is 7.92. The maximum Gasteiger partial charge on any atom is 0.243 e. The smallest absolute Gasteiger partial charge is 0.243 e. The fraction of sp³-hybridized carbons (Fsp3) is 0.394. The van der Waals surface area contributed by atoms with E-state index in [1.54, 1.807) is 41.3 Å². The third-order valence-electron chi connectivity index (χ3n) is 7.73. The van der Waals surface area contributed by atoms with Crippen LogP contribution in [0.4, 0.5) is 5.69 Å². The molecule has 1 unspecified atom stereocenters. The zero-order valence-electron chi connectivity index (χ0n) is 24.4. The van der Waals surface area contributed by atoms with Crippen LogP contribution in [0.2, 0.25) is 10.0 Å². The molecule has 0 aromatic heterocycles. The first-order valence-electron chi connectivity index (χ1n) is 14.7. The van der Waals surface area contributed by atoms with Crippen molar-refractivity contribution in [2.24, 2.45) is 0 Å². The first kappa shape index (κ1) is 32.8. The second-order valence-corrected chi connectivity index (χ2v) is 13.9. The summed E-state index contributed by atoms with van der Waals surface area (Å²) < 4.78 is 26.5. The third-order valence-corrected chi connectivity index (χ3v) is 9.41. The topological polar surface area (TPSA) is 86.8 Å². The lowest BCUT2D eigenvalue weighted by Gasteiger charge is -2.34. The summed E-state index contributed by atoms with van der Waals surface area (Å²) in [4.78, 5) is 29.5. The van der Waals surface area contributed by atoms with Gasteiger partial charge in [-0.2, -0.15) is 0 Å². The molecule has 0 radical (unpaired) electrons. The molecule has 230 valence electrons. The van der Waals surface area contributed by atoms with E-state index in [0.717, 1.165) is 43.1 Å². The number of halogens is 2. The Hall–Kier alpha value is -3.07. The number of amides is 2. The number of carbonyl (C=O) groups excluding carboxylic acids is 2. The number of hydrogen-bond acceptors (Lipinski definition) is 4. The minimum absolute atomic E-state index is 0.0577. The van der Waals surface area contributed by atoms with Crippen molar-refractivity contribution in [3.63, 3.8) is 0 Å². The van der Waals surface area contributed by atoms with Crippen molar-refractivity contribution in [3.05, 3.63) is 100 Å². The Balaban J connectivity index is 1.58. The summed E-state index contributed by atoms with van der Waals surface area (Å²) in [6.45, 7) is 0.302. The third kappa shape index (κ3) is 9.98. The summed E-state index contributed by atoms with van der Waals surface area (Å²) in [5.41, 5.74) is 2.23. The van der Waals surface area contributed by atoms with E-state index < -0.39 is 16.1 Å². The van der Waals surface area contributed by atoms with Crippen LogP contribution >= 0.6 is 23.2 Å². The Kier molecular flexibility index (Phi) is 11.9. The van der Waals surface area contributed by atoms with Crippen molar-refractivity contribution < 1.29 is 18.0 Å². The average Bonchev–Trinajstić information content (AvgIpc) is 2.98. The van der Waals surface area contributed by atoms with Crippen LogP contribution in [0.1, 0.15) is 56.1 Å². The van der Waals surface area contributed by atoms with Gasteiger partial charge in [-0.25, -0.2) is 8.42 Å². The molecule has 1 atom stereocenters. The van der Waals surface area contributed by atoms with Gasteiger partial charge in [-0.15, -0.1) is 0 Å². The molecule has 3 aromatic rings. The predicted molar refractivity (Wildman–Crippen MR) is 174 cm³/mol. The van der Waals surface area contributed by atoms with Gasteiger partial charge in [0.2, 0.25) is 21.8 Å². The molecule has 43 heavy (non-hydrogen) atoms. The molecule has 3 aromatic carbocycles. The molecule has 1 N–H and O–H groups in total. The monoisotopic (exact) mass is 643 g/mol. The molecule has 1 saturated carbocycles. The first-order chi connectivity index (χ1) is 20.6. The Bertz CT molecular complexity index is 1460. The van der Waals surface area contributed by atoms with E-state index >= 15 is 0 Å². The van der Waals surface area contributed by atoms with E-state index in [0.29, 0.717) is 22.2 Å². The molecular formula is C33H39Cl2N3O4S. The maximum atomic E-state index is 14.0. The summed E-state index contributed by atoms with van der Waals surface area (Å²) >= 11 is 12.3. The van der Waals surface area contributed by atoms with Gasteiger partial charge >= 0.3 is 0 Å². The Labute approximate surface area is 265 Å². The quantitative estimate of drug-likeness (QED) is 0.227. The number of benzene rings is 3. The van der Waals surface area contributed by atoms with Crippen LogP contribution in [0.5, 0.6) is 0 Å². The van der Waals surface area contributed by atoms with Crippen molar-refractivity contribution in [3.8, 4) is 0 Å². The minimum atomic E-state index is -3.60. The van der Waals surface area contributed by atoms with Crippen molar-refractivity contribution in [1.29, 1.82) is 0 Å². The van der Waals surface area contributed by atoms with E-state index in [9.17, 15) is 18.0 Å². The molecular weight excluding hydrogens is 605 g/mol. The van der Waals surface area contributed by atoms with Crippen molar-refractivity contribution >= 4 is 50.7 Å². The van der Waals surface area contributed by atoms with E-state index in [1.165, 1.54) is 10.7 Å². The van der Waals surface area contributed by atoms with Crippen molar-refractivity contribution in [1.82, 2.24) is 10.2 Å². The van der Waals surface area contributed by atoms with Gasteiger partial charge in [0.25, 0.3) is 0 Å². The number of anilines is 1. The molecule has 1 aliphatic carbocycles. The normalized spacial score (nSPS) is 14.6. The van der Waals surface area contributed by atoms with Crippen LogP contribution in [0.25, 0.3) is 0 Å². The number of nitrogens with zero attached hydrogens (tertiary/aromatic N) is 2.